The van der Waals surface area contributed by atoms with Gasteiger partial charge in [-0.25, -0.2) is 14.8 Å². The average Bonchev–Trinajstić information content (AvgIpc) is 4.00. The molecule has 53 heavy (non-hydrogen) atoms. The van der Waals surface area contributed by atoms with Gasteiger partial charge in [-0.05, 0) is 79.8 Å². The van der Waals surface area contributed by atoms with Crippen LogP contribution in [0.4, 0.5) is 4.79 Å². The lowest BCUT2D eigenvalue weighted by Gasteiger charge is -2.37. The van der Waals surface area contributed by atoms with Crippen molar-refractivity contribution in [3.05, 3.63) is 83.1 Å². The number of aromatic amines is 2. The zero-order valence-corrected chi connectivity index (χ0v) is 31.6. The van der Waals surface area contributed by atoms with Crippen LogP contribution in [-0.4, -0.2) is 73.4 Å². The van der Waals surface area contributed by atoms with Crippen LogP contribution in [0, 0.1) is 35.5 Å². The molecular formula is C42H49N7O4. The number of benzene rings is 2. The Bertz CT molecular complexity index is 2120. The largest absolute Gasteiger partial charge is 0.453 e. The summed E-state index contributed by atoms with van der Waals surface area (Å²) in [6.45, 7) is 12.7. The summed E-state index contributed by atoms with van der Waals surface area (Å²) in [7, 11) is 1.31. The second kappa shape index (κ2) is 14.6. The molecule has 11 heteroatoms. The van der Waals surface area contributed by atoms with Gasteiger partial charge in [0.2, 0.25) is 11.8 Å². The number of fused-ring (bicyclic) bond motifs is 3. The van der Waals surface area contributed by atoms with Crippen molar-refractivity contribution in [1.29, 1.82) is 0 Å². The minimum Gasteiger partial charge on any atom is -0.453 e. The number of amides is 3. The van der Waals surface area contributed by atoms with E-state index in [0.717, 1.165) is 69.9 Å². The highest BCUT2D eigenvalue weighted by Gasteiger charge is 2.51. The third-order valence-corrected chi connectivity index (χ3v) is 11.3. The van der Waals surface area contributed by atoms with E-state index in [1.165, 1.54) is 7.11 Å². The van der Waals surface area contributed by atoms with Crippen molar-refractivity contribution >= 4 is 28.9 Å². The van der Waals surface area contributed by atoms with Gasteiger partial charge in [0.1, 0.15) is 23.7 Å². The van der Waals surface area contributed by atoms with Gasteiger partial charge in [-0.1, -0.05) is 70.2 Å². The molecule has 3 N–H and O–H groups in total. The number of hydrogen-bond donors (Lipinski definition) is 3. The summed E-state index contributed by atoms with van der Waals surface area (Å²) in [4.78, 5) is 59.7. The highest BCUT2D eigenvalue weighted by molar-refractivity contribution is 5.87. The summed E-state index contributed by atoms with van der Waals surface area (Å²) >= 11 is 0. The molecule has 1 saturated heterocycles. The number of methoxy groups -OCH3 is 1. The minimum absolute atomic E-state index is 0.0594. The van der Waals surface area contributed by atoms with Crippen molar-refractivity contribution in [3.8, 4) is 23.1 Å². The van der Waals surface area contributed by atoms with Gasteiger partial charge in [-0.3, -0.25) is 9.59 Å². The average molecular weight is 716 g/mol. The summed E-state index contributed by atoms with van der Waals surface area (Å²) in [5, 5.41) is 2.75. The third-order valence-electron chi connectivity index (χ3n) is 11.3. The van der Waals surface area contributed by atoms with E-state index < -0.39 is 12.1 Å². The number of piperidine rings is 1. The van der Waals surface area contributed by atoms with Crippen LogP contribution in [-0.2, 0) is 14.3 Å². The standard InChI is InChI=1S/C42H49N7O4/c1-23(2)26(6)40(50)48-22-25(5)18-35(48)38-43-21-34(46-38)29-13-10-27(11-14-29)8-9-28-12-17-32-33(19-28)45-39(44-32)37-30-15-16-31(20-30)49(37)41(51)36(24(3)4)47-42(52)53-7/h10-14,17-19,21,23-24,26,30-31,35-37H,15-16,20,22H2,1-7H3,(H,43,46)(H,44,45)(H,47,52)/t26-,30+,31-,35-,36-,37-/m0/s1. The first-order valence-electron chi connectivity index (χ1n) is 18.7. The molecule has 2 aromatic heterocycles. The summed E-state index contributed by atoms with van der Waals surface area (Å²) in [6, 6.07) is 13.0. The number of carbonyl (C=O) groups is 3. The van der Waals surface area contributed by atoms with E-state index in [1.54, 1.807) is 0 Å². The van der Waals surface area contributed by atoms with E-state index in [1.807, 2.05) is 79.2 Å². The highest BCUT2D eigenvalue weighted by Crippen LogP contribution is 2.50. The van der Waals surface area contributed by atoms with Crippen LogP contribution in [0.5, 0.6) is 0 Å². The van der Waals surface area contributed by atoms with E-state index in [-0.39, 0.29) is 47.7 Å². The number of rotatable bonds is 8. The molecule has 2 bridgehead atoms. The lowest BCUT2D eigenvalue weighted by Crippen LogP contribution is -2.54. The minimum atomic E-state index is -0.679. The van der Waals surface area contributed by atoms with Crippen LogP contribution in [0.3, 0.4) is 0 Å². The zero-order valence-electron chi connectivity index (χ0n) is 31.6. The Balaban J connectivity index is 1.06. The summed E-state index contributed by atoms with van der Waals surface area (Å²) in [5.41, 5.74) is 6.46. The van der Waals surface area contributed by atoms with Crippen molar-refractivity contribution in [2.75, 3.05) is 13.7 Å². The molecule has 3 amide bonds. The number of alkyl carbamates (subject to hydrolysis) is 1. The molecule has 7 rings (SSSR count). The molecular weight excluding hydrogens is 667 g/mol. The predicted molar refractivity (Wildman–Crippen MR) is 203 cm³/mol. The molecule has 0 spiro atoms. The van der Waals surface area contributed by atoms with Crippen LogP contribution in [0.2, 0.25) is 0 Å². The van der Waals surface area contributed by atoms with Gasteiger partial charge in [0.05, 0.1) is 36.1 Å². The quantitative estimate of drug-likeness (QED) is 0.134. The smallest absolute Gasteiger partial charge is 0.407 e. The Hall–Kier alpha value is -5.37. The van der Waals surface area contributed by atoms with E-state index in [2.05, 4.69) is 59.0 Å². The molecule has 276 valence electrons. The van der Waals surface area contributed by atoms with Crippen LogP contribution >= 0.6 is 0 Å². The Kier molecular flexibility index (Phi) is 9.90. The molecule has 11 nitrogen and oxygen atoms in total. The number of hydrogen-bond acceptors (Lipinski definition) is 6. The summed E-state index contributed by atoms with van der Waals surface area (Å²) in [5.74, 6) is 8.59. The van der Waals surface area contributed by atoms with E-state index in [9.17, 15) is 14.4 Å². The fraction of sp³-hybridized carbons (Fsp3) is 0.452. The van der Waals surface area contributed by atoms with Gasteiger partial charge in [0.25, 0.3) is 0 Å². The van der Waals surface area contributed by atoms with Crippen molar-refractivity contribution < 1.29 is 19.1 Å². The number of nitrogens with one attached hydrogen (secondary N) is 3. The predicted octanol–water partition coefficient (Wildman–Crippen LogP) is 6.91. The van der Waals surface area contributed by atoms with E-state index >= 15 is 0 Å². The van der Waals surface area contributed by atoms with E-state index in [4.69, 9.17) is 9.72 Å². The molecule has 2 aliphatic heterocycles. The Morgan fingerprint density at radius 3 is 2.38 bits per heavy atom. The number of carbonyl (C=O) groups excluding carboxylic acids is 3. The fourth-order valence-corrected chi connectivity index (χ4v) is 8.04. The monoisotopic (exact) mass is 715 g/mol. The van der Waals surface area contributed by atoms with E-state index in [0.29, 0.717) is 12.5 Å². The number of H-pyrrole nitrogens is 2. The van der Waals surface area contributed by atoms with Gasteiger partial charge in [0.15, 0.2) is 0 Å². The van der Waals surface area contributed by atoms with Crippen LogP contribution in [0.1, 0.15) is 95.7 Å². The number of nitrogens with zero attached hydrogens (tertiary/aromatic N) is 4. The molecule has 1 aliphatic carbocycles. The topological polar surface area (TPSA) is 136 Å². The first-order chi connectivity index (χ1) is 25.4. The first kappa shape index (κ1) is 36.0. The fourth-order valence-electron chi connectivity index (χ4n) is 8.04. The lowest BCUT2D eigenvalue weighted by molar-refractivity contribution is -0.139. The Morgan fingerprint density at radius 2 is 1.66 bits per heavy atom. The van der Waals surface area contributed by atoms with Gasteiger partial charge < -0.3 is 29.8 Å². The molecule has 3 aliphatic rings. The zero-order chi connectivity index (χ0) is 37.6. The van der Waals surface area contributed by atoms with Gasteiger partial charge >= 0.3 is 6.09 Å². The van der Waals surface area contributed by atoms with Gasteiger partial charge in [0, 0.05) is 29.6 Å². The molecule has 0 radical (unpaired) electrons. The number of imidazole rings is 2. The molecule has 0 unspecified atom stereocenters. The van der Waals surface area contributed by atoms with Crippen molar-refractivity contribution in [2.24, 2.45) is 23.7 Å². The number of aromatic nitrogens is 4. The van der Waals surface area contributed by atoms with Crippen LogP contribution < -0.4 is 5.32 Å². The van der Waals surface area contributed by atoms with Gasteiger partial charge in [-0.2, -0.15) is 0 Å². The third kappa shape index (κ3) is 7.07. The van der Waals surface area contributed by atoms with Crippen molar-refractivity contribution in [2.45, 2.75) is 85.0 Å². The normalized spacial score (nSPS) is 21.9. The molecule has 2 aromatic carbocycles. The summed E-state index contributed by atoms with van der Waals surface area (Å²) in [6.07, 6.45) is 6.27. The van der Waals surface area contributed by atoms with Crippen LogP contribution in [0.25, 0.3) is 22.3 Å². The molecule has 1 saturated carbocycles. The number of ether oxygens (including phenoxy) is 1. The highest BCUT2D eigenvalue weighted by atomic mass is 16.5. The molecule has 2 fully saturated rings. The van der Waals surface area contributed by atoms with Crippen molar-refractivity contribution in [3.63, 3.8) is 0 Å². The maximum Gasteiger partial charge on any atom is 0.407 e. The molecule has 4 aromatic rings. The second-order valence-electron chi connectivity index (χ2n) is 15.6. The van der Waals surface area contributed by atoms with Crippen LogP contribution in [0.15, 0.2) is 60.3 Å². The summed E-state index contributed by atoms with van der Waals surface area (Å²) < 4.78 is 4.81. The maximum atomic E-state index is 13.9. The second-order valence-corrected chi connectivity index (χ2v) is 15.6. The SMILES string of the molecule is COC(=O)N[C@H](C(=O)N1[C@H]2CC[C@H](C2)[C@H]1c1nc2ccc(C#Cc3ccc(-c4cnc([C@@H]5C=C(C)CN5C(=O)[C@@H](C)C(C)C)[nH]4)cc3)cc2[nH]1)C(C)C. The lowest BCUT2D eigenvalue weighted by atomic mass is 9.95. The first-order valence-corrected chi connectivity index (χ1v) is 18.7. The molecule has 4 heterocycles. The Labute approximate surface area is 311 Å². The maximum absolute atomic E-state index is 13.9. The number of likely N-dealkylation sites (tertiary alicyclic amines) is 1. The molecule has 6 atom stereocenters. The van der Waals surface area contributed by atoms with Gasteiger partial charge in [-0.15, -0.1) is 0 Å². The Morgan fingerprint density at radius 1 is 0.925 bits per heavy atom. The van der Waals surface area contributed by atoms with Crippen molar-refractivity contribution in [1.82, 2.24) is 35.1 Å².